The predicted octanol–water partition coefficient (Wildman–Crippen LogP) is 0.607. The van der Waals surface area contributed by atoms with Gasteiger partial charge in [0.15, 0.2) is 4.77 Å². The second-order valence-corrected chi connectivity index (χ2v) is 3.22. The molecule has 1 aromatic heterocycles. The second kappa shape index (κ2) is 2.75. The molecule has 0 radical (unpaired) electrons. The molecule has 5 heteroatoms. The zero-order chi connectivity index (χ0) is 8.55. The number of imidazole rings is 1. The van der Waals surface area contributed by atoms with E-state index in [-0.39, 0.29) is 11.9 Å². The molecule has 2 heterocycles. The maximum atomic E-state index is 10.9. The van der Waals surface area contributed by atoms with Crippen LogP contribution in [-0.4, -0.2) is 22.0 Å². The molecule has 1 unspecified atom stereocenters. The SMILES string of the molecule is O=C1CC(n2cc[nH]c2=S)CN1. The minimum atomic E-state index is 0.100. The fourth-order valence-electron chi connectivity index (χ4n) is 1.41. The number of carbonyl (C=O) groups excluding carboxylic acids is 1. The third kappa shape index (κ3) is 1.16. The van der Waals surface area contributed by atoms with Gasteiger partial charge in [-0.25, -0.2) is 0 Å². The zero-order valence-corrected chi connectivity index (χ0v) is 7.23. The maximum Gasteiger partial charge on any atom is 0.222 e. The fourth-order valence-corrected chi connectivity index (χ4v) is 1.68. The molecule has 0 saturated carbocycles. The van der Waals surface area contributed by atoms with E-state index >= 15 is 0 Å². The van der Waals surface area contributed by atoms with Gasteiger partial charge in [0.25, 0.3) is 0 Å². The van der Waals surface area contributed by atoms with Gasteiger partial charge in [0.05, 0.1) is 6.04 Å². The van der Waals surface area contributed by atoms with Gasteiger partial charge in [-0.05, 0) is 12.2 Å². The summed E-state index contributed by atoms with van der Waals surface area (Å²) in [5.74, 6) is 0.100. The van der Waals surface area contributed by atoms with Crippen LogP contribution < -0.4 is 5.32 Å². The van der Waals surface area contributed by atoms with Crippen LogP contribution in [0.1, 0.15) is 12.5 Å². The van der Waals surface area contributed by atoms with Crippen LogP contribution in [0.25, 0.3) is 0 Å². The fraction of sp³-hybridized carbons (Fsp3) is 0.429. The Hall–Kier alpha value is -1.10. The molecule has 64 valence electrons. The highest BCUT2D eigenvalue weighted by atomic mass is 32.1. The monoisotopic (exact) mass is 183 g/mol. The van der Waals surface area contributed by atoms with Crippen LogP contribution in [-0.2, 0) is 4.79 Å². The number of amides is 1. The van der Waals surface area contributed by atoms with Crippen LogP contribution in [0.5, 0.6) is 0 Å². The molecule has 2 rings (SSSR count). The highest BCUT2D eigenvalue weighted by molar-refractivity contribution is 7.71. The van der Waals surface area contributed by atoms with Gasteiger partial charge in [-0.1, -0.05) is 0 Å². The lowest BCUT2D eigenvalue weighted by Gasteiger charge is -2.07. The summed E-state index contributed by atoms with van der Waals surface area (Å²) >= 11 is 5.03. The van der Waals surface area contributed by atoms with Crippen molar-refractivity contribution in [2.75, 3.05) is 6.54 Å². The van der Waals surface area contributed by atoms with Gasteiger partial charge in [0, 0.05) is 25.4 Å². The molecule has 12 heavy (non-hydrogen) atoms. The van der Waals surface area contributed by atoms with Gasteiger partial charge >= 0.3 is 0 Å². The molecule has 0 bridgehead atoms. The van der Waals surface area contributed by atoms with E-state index in [0.717, 1.165) is 0 Å². The Morgan fingerprint density at radius 3 is 3.00 bits per heavy atom. The van der Waals surface area contributed by atoms with E-state index in [1.165, 1.54) is 0 Å². The first kappa shape index (κ1) is 7.54. The number of aromatic nitrogens is 2. The summed E-state index contributed by atoms with van der Waals surface area (Å²) in [6.07, 6.45) is 4.19. The number of nitrogens with zero attached hydrogens (tertiary/aromatic N) is 1. The van der Waals surface area contributed by atoms with Crippen molar-refractivity contribution in [1.82, 2.24) is 14.9 Å². The number of H-pyrrole nitrogens is 1. The lowest BCUT2D eigenvalue weighted by Crippen LogP contribution is -2.15. The molecule has 1 fully saturated rings. The van der Waals surface area contributed by atoms with Gasteiger partial charge in [0.1, 0.15) is 0 Å². The van der Waals surface area contributed by atoms with Crippen molar-refractivity contribution < 1.29 is 4.79 Å². The smallest absolute Gasteiger partial charge is 0.222 e. The highest BCUT2D eigenvalue weighted by Crippen LogP contribution is 2.15. The van der Waals surface area contributed by atoms with Gasteiger partial charge in [-0.3, -0.25) is 4.79 Å². The molecule has 1 atom stereocenters. The molecule has 1 aromatic rings. The van der Waals surface area contributed by atoms with Gasteiger partial charge in [0.2, 0.25) is 5.91 Å². The predicted molar refractivity (Wildman–Crippen MR) is 46.3 cm³/mol. The van der Waals surface area contributed by atoms with E-state index in [1.807, 2.05) is 10.8 Å². The van der Waals surface area contributed by atoms with Crippen molar-refractivity contribution in [2.24, 2.45) is 0 Å². The Morgan fingerprint density at radius 1 is 1.67 bits per heavy atom. The van der Waals surface area contributed by atoms with Crippen LogP contribution in [0.15, 0.2) is 12.4 Å². The highest BCUT2D eigenvalue weighted by Gasteiger charge is 2.22. The van der Waals surface area contributed by atoms with Crippen LogP contribution in [0, 0.1) is 4.77 Å². The molecule has 0 spiro atoms. The Balaban J connectivity index is 2.27. The summed E-state index contributed by atoms with van der Waals surface area (Å²) in [7, 11) is 0. The number of hydrogen-bond acceptors (Lipinski definition) is 2. The summed E-state index contributed by atoms with van der Waals surface area (Å²) in [5.41, 5.74) is 0. The standard InChI is InChI=1S/C7H9N3OS/c11-6-3-5(4-9-6)10-2-1-8-7(10)12/h1-2,5H,3-4H2,(H,8,12)(H,9,11). The van der Waals surface area contributed by atoms with Gasteiger partial charge in [-0.2, -0.15) is 0 Å². The average Bonchev–Trinajstić information content (AvgIpc) is 2.58. The number of carbonyl (C=O) groups is 1. The first-order chi connectivity index (χ1) is 5.77. The van der Waals surface area contributed by atoms with E-state index in [4.69, 9.17) is 12.2 Å². The average molecular weight is 183 g/mol. The summed E-state index contributed by atoms with van der Waals surface area (Å²) in [5, 5.41) is 2.77. The zero-order valence-electron chi connectivity index (χ0n) is 6.41. The van der Waals surface area contributed by atoms with Crippen molar-refractivity contribution in [3.63, 3.8) is 0 Å². The molecule has 0 aromatic carbocycles. The number of aromatic amines is 1. The summed E-state index contributed by atoms with van der Waals surface area (Å²) < 4.78 is 2.59. The van der Waals surface area contributed by atoms with Gasteiger partial charge < -0.3 is 14.9 Å². The lowest BCUT2D eigenvalue weighted by atomic mass is 10.2. The summed E-state index contributed by atoms with van der Waals surface area (Å²) in [4.78, 5) is 13.8. The third-order valence-corrected chi connectivity index (χ3v) is 2.35. The molecule has 1 saturated heterocycles. The molecule has 4 nitrogen and oxygen atoms in total. The van der Waals surface area contributed by atoms with E-state index in [2.05, 4.69) is 10.3 Å². The maximum absolute atomic E-state index is 10.9. The first-order valence-corrected chi connectivity index (χ1v) is 4.20. The Kier molecular flexibility index (Phi) is 1.73. The Bertz CT molecular complexity index is 354. The largest absolute Gasteiger partial charge is 0.354 e. The topological polar surface area (TPSA) is 49.8 Å². The normalized spacial score (nSPS) is 22.7. The van der Waals surface area contributed by atoms with Crippen molar-refractivity contribution >= 4 is 18.1 Å². The first-order valence-electron chi connectivity index (χ1n) is 3.79. The van der Waals surface area contributed by atoms with Crippen LogP contribution in [0.2, 0.25) is 0 Å². The van der Waals surface area contributed by atoms with Crippen LogP contribution in [0.4, 0.5) is 0 Å². The Labute approximate surface area is 74.6 Å². The number of hydrogen-bond donors (Lipinski definition) is 2. The summed E-state index contributed by atoms with van der Waals surface area (Å²) in [6, 6.07) is 0.191. The second-order valence-electron chi connectivity index (χ2n) is 2.83. The van der Waals surface area contributed by atoms with E-state index in [0.29, 0.717) is 17.7 Å². The lowest BCUT2D eigenvalue weighted by molar-refractivity contribution is -0.119. The molecule has 1 amide bonds. The molecular formula is C7H9N3OS. The van der Waals surface area contributed by atoms with Crippen molar-refractivity contribution in [3.05, 3.63) is 17.2 Å². The van der Waals surface area contributed by atoms with Crippen molar-refractivity contribution in [2.45, 2.75) is 12.5 Å². The summed E-state index contributed by atoms with van der Waals surface area (Å²) in [6.45, 7) is 0.686. The quantitative estimate of drug-likeness (QED) is 0.627. The molecule has 1 aliphatic rings. The number of rotatable bonds is 1. The van der Waals surface area contributed by atoms with E-state index in [1.54, 1.807) is 6.20 Å². The van der Waals surface area contributed by atoms with E-state index in [9.17, 15) is 4.79 Å². The molecule has 2 N–H and O–H groups in total. The minimum Gasteiger partial charge on any atom is -0.354 e. The Morgan fingerprint density at radius 2 is 2.50 bits per heavy atom. The van der Waals surface area contributed by atoms with Crippen LogP contribution in [0.3, 0.4) is 0 Å². The third-order valence-electron chi connectivity index (χ3n) is 2.03. The minimum absolute atomic E-state index is 0.100. The van der Waals surface area contributed by atoms with Crippen LogP contribution >= 0.6 is 12.2 Å². The molecular weight excluding hydrogens is 174 g/mol. The van der Waals surface area contributed by atoms with E-state index < -0.39 is 0 Å². The van der Waals surface area contributed by atoms with Crippen molar-refractivity contribution in [1.29, 1.82) is 0 Å². The van der Waals surface area contributed by atoms with Gasteiger partial charge in [-0.15, -0.1) is 0 Å². The van der Waals surface area contributed by atoms with Crippen molar-refractivity contribution in [3.8, 4) is 0 Å². The molecule has 0 aliphatic carbocycles. The number of nitrogens with one attached hydrogen (secondary N) is 2. The molecule has 1 aliphatic heterocycles.